The van der Waals surface area contributed by atoms with Gasteiger partial charge in [-0.15, -0.1) is 6.58 Å². The van der Waals surface area contributed by atoms with Gasteiger partial charge in [-0.1, -0.05) is 36.4 Å². The molecule has 0 fully saturated rings. The van der Waals surface area contributed by atoms with Crippen molar-refractivity contribution in [1.29, 1.82) is 0 Å². The van der Waals surface area contributed by atoms with Crippen molar-refractivity contribution in [2.45, 2.75) is 18.9 Å². The number of hydrogen-bond acceptors (Lipinski definition) is 2. The number of likely N-dealkylation sites (N-methyl/N-ethyl adjacent to an activating group) is 1. The molecule has 1 rings (SSSR count). The van der Waals surface area contributed by atoms with Gasteiger partial charge in [0, 0.05) is 0 Å². The maximum absolute atomic E-state index is 11.6. The molecule has 0 radical (unpaired) electrons. The fourth-order valence-corrected chi connectivity index (χ4v) is 1.70. The first-order chi connectivity index (χ1) is 8.27. The molecule has 3 nitrogen and oxygen atoms in total. The highest BCUT2D eigenvalue weighted by atomic mass is 16.1. The number of allylic oxidation sites excluding steroid dienone is 1. The van der Waals surface area contributed by atoms with Gasteiger partial charge in [0.15, 0.2) is 0 Å². The monoisotopic (exact) mass is 232 g/mol. The van der Waals surface area contributed by atoms with Gasteiger partial charge in [-0.2, -0.15) is 0 Å². The molecule has 2 N–H and O–H groups in total. The molecule has 1 atom stereocenters. The Morgan fingerprint density at radius 3 is 2.71 bits per heavy atom. The average Bonchev–Trinajstić information content (AvgIpc) is 2.36. The quantitative estimate of drug-likeness (QED) is 0.706. The first-order valence-electron chi connectivity index (χ1n) is 5.87. The topological polar surface area (TPSA) is 41.1 Å². The third-order valence-electron chi connectivity index (χ3n) is 2.53. The number of carbonyl (C=O) groups is 1. The van der Waals surface area contributed by atoms with Crippen LogP contribution in [-0.4, -0.2) is 19.5 Å². The maximum atomic E-state index is 11.6. The lowest BCUT2D eigenvalue weighted by Crippen LogP contribution is -2.35. The molecule has 17 heavy (non-hydrogen) atoms. The number of hydrogen-bond donors (Lipinski definition) is 2. The molecule has 0 spiro atoms. The fourth-order valence-electron chi connectivity index (χ4n) is 1.70. The molecule has 0 saturated heterocycles. The predicted molar refractivity (Wildman–Crippen MR) is 70.7 cm³/mol. The average molecular weight is 232 g/mol. The summed E-state index contributed by atoms with van der Waals surface area (Å²) in [5.41, 5.74) is 1.14. The fraction of sp³-hybridized carbons (Fsp3) is 0.357. The number of rotatable bonds is 7. The molecule has 3 heteroatoms. The zero-order valence-electron chi connectivity index (χ0n) is 10.3. The number of nitrogens with one attached hydrogen (secondary N) is 2. The van der Waals surface area contributed by atoms with E-state index in [9.17, 15) is 4.79 Å². The van der Waals surface area contributed by atoms with E-state index in [4.69, 9.17) is 0 Å². The molecular formula is C14H20N2O. The van der Waals surface area contributed by atoms with Crippen LogP contribution in [0.4, 0.5) is 0 Å². The lowest BCUT2D eigenvalue weighted by Gasteiger charge is -2.18. The van der Waals surface area contributed by atoms with Crippen molar-refractivity contribution in [2.75, 3.05) is 13.6 Å². The van der Waals surface area contributed by atoms with Gasteiger partial charge in [-0.25, -0.2) is 0 Å². The van der Waals surface area contributed by atoms with E-state index in [1.54, 1.807) is 7.05 Å². The first-order valence-corrected chi connectivity index (χ1v) is 5.87. The van der Waals surface area contributed by atoms with Gasteiger partial charge in [0.05, 0.1) is 12.6 Å². The van der Waals surface area contributed by atoms with E-state index < -0.39 is 0 Å². The lowest BCUT2D eigenvalue weighted by molar-refractivity contribution is -0.120. The van der Waals surface area contributed by atoms with Crippen LogP contribution in [0.2, 0.25) is 0 Å². The van der Waals surface area contributed by atoms with E-state index >= 15 is 0 Å². The van der Waals surface area contributed by atoms with E-state index in [0.717, 1.165) is 18.4 Å². The molecule has 1 unspecified atom stereocenters. The molecular weight excluding hydrogens is 212 g/mol. The minimum absolute atomic E-state index is 0.0189. The Balaban J connectivity index is 2.66. The van der Waals surface area contributed by atoms with E-state index in [-0.39, 0.29) is 11.9 Å². The lowest BCUT2D eigenvalue weighted by atomic mass is 10.0. The van der Waals surface area contributed by atoms with E-state index in [0.29, 0.717) is 6.54 Å². The Hall–Kier alpha value is -1.61. The maximum Gasteiger partial charge on any atom is 0.234 e. The van der Waals surface area contributed by atoms with E-state index in [2.05, 4.69) is 17.2 Å². The summed E-state index contributed by atoms with van der Waals surface area (Å²) < 4.78 is 0. The van der Waals surface area contributed by atoms with E-state index in [1.165, 1.54) is 0 Å². The van der Waals surface area contributed by atoms with Gasteiger partial charge >= 0.3 is 0 Å². The van der Waals surface area contributed by atoms with Crippen LogP contribution in [0.15, 0.2) is 43.0 Å². The van der Waals surface area contributed by atoms with Gasteiger partial charge in [0.25, 0.3) is 0 Å². The molecule has 0 heterocycles. The van der Waals surface area contributed by atoms with Crippen LogP contribution in [0, 0.1) is 0 Å². The van der Waals surface area contributed by atoms with Crippen LogP contribution < -0.4 is 10.6 Å². The SMILES string of the molecule is C=CCCC(NC(=O)CNC)c1ccccc1. The number of amides is 1. The molecule has 1 aromatic rings. The summed E-state index contributed by atoms with van der Waals surface area (Å²) in [6.45, 7) is 4.06. The van der Waals surface area contributed by atoms with Crippen LogP contribution in [0.3, 0.4) is 0 Å². The Kier molecular flexibility index (Phi) is 6.04. The second-order valence-corrected chi connectivity index (χ2v) is 3.93. The third kappa shape index (κ3) is 4.83. The molecule has 1 amide bonds. The summed E-state index contributed by atoms with van der Waals surface area (Å²) >= 11 is 0. The Labute approximate surface area is 103 Å². The highest BCUT2D eigenvalue weighted by Gasteiger charge is 2.12. The van der Waals surface area contributed by atoms with Crippen molar-refractivity contribution in [3.05, 3.63) is 48.6 Å². The molecule has 0 aromatic heterocycles. The van der Waals surface area contributed by atoms with Gasteiger partial charge < -0.3 is 10.6 Å². The summed E-state index contributed by atoms with van der Waals surface area (Å²) in [7, 11) is 1.76. The first kappa shape index (κ1) is 13.5. The largest absolute Gasteiger partial charge is 0.348 e. The molecule has 0 bridgehead atoms. The van der Waals surface area contributed by atoms with Crippen molar-refractivity contribution in [2.24, 2.45) is 0 Å². The number of benzene rings is 1. The Morgan fingerprint density at radius 1 is 1.41 bits per heavy atom. The van der Waals surface area contributed by atoms with Crippen LogP contribution in [0.1, 0.15) is 24.4 Å². The van der Waals surface area contributed by atoms with Crippen LogP contribution >= 0.6 is 0 Å². The summed E-state index contributed by atoms with van der Waals surface area (Å²) in [6.07, 6.45) is 3.64. The predicted octanol–water partition coefficient (Wildman–Crippen LogP) is 2.03. The Bertz CT molecular complexity index is 348. The molecule has 0 aliphatic heterocycles. The highest BCUT2D eigenvalue weighted by Crippen LogP contribution is 2.18. The van der Waals surface area contributed by atoms with Crippen molar-refractivity contribution < 1.29 is 4.79 Å². The minimum Gasteiger partial charge on any atom is -0.348 e. The summed E-state index contributed by atoms with van der Waals surface area (Å²) in [5, 5.41) is 5.87. The van der Waals surface area contributed by atoms with Crippen molar-refractivity contribution in [3.63, 3.8) is 0 Å². The zero-order chi connectivity index (χ0) is 12.5. The summed E-state index contributed by atoms with van der Waals surface area (Å²) in [4.78, 5) is 11.6. The zero-order valence-corrected chi connectivity index (χ0v) is 10.3. The van der Waals surface area contributed by atoms with Gasteiger partial charge in [0.2, 0.25) is 5.91 Å². The smallest absolute Gasteiger partial charge is 0.234 e. The molecule has 92 valence electrons. The van der Waals surface area contributed by atoms with Gasteiger partial charge in [-0.05, 0) is 25.5 Å². The second kappa shape index (κ2) is 7.63. The highest BCUT2D eigenvalue weighted by molar-refractivity contribution is 5.78. The molecule has 1 aromatic carbocycles. The van der Waals surface area contributed by atoms with Crippen LogP contribution in [0.25, 0.3) is 0 Å². The minimum atomic E-state index is 0.0189. The third-order valence-corrected chi connectivity index (χ3v) is 2.53. The van der Waals surface area contributed by atoms with E-state index in [1.807, 2.05) is 36.4 Å². The standard InChI is InChI=1S/C14H20N2O/c1-3-4-10-13(16-14(17)11-15-2)12-8-6-5-7-9-12/h3,5-9,13,15H,1,4,10-11H2,2H3,(H,16,17). The summed E-state index contributed by atoms with van der Waals surface area (Å²) in [6, 6.07) is 10.1. The van der Waals surface area contributed by atoms with Crippen molar-refractivity contribution in [3.8, 4) is 0 Å². The van der Waals surface area contributed by atoms with Crippen LogP contribution in [0.5, 0.6) is 0 Å². The van der Waals surface area contributed by atoms with Crippen molar-refractivity contribution in [1.82, 2.24) is 10.6 Å². The van der Waals surface area contributed by atoms with Gasteiger partial charge in [0.1, 0.15) is 0 Å². The van der Waals surface area contributed by atoms with Crippen molar-refractivity contribution >= 4 is 5.91 Å². The molecule has 0 aliphatic rings. The Morgan fingerprint density at radius 2 is 2.12 bits per heavy atom. The second-order valence-electron chi connectivity index (χ2n) is 3.93. The summed E-state index contributed by atoms with van der Waals surface area (Å²) in [5.74, 6) is 0.0189. The normalized spacial score (nSPS) is 11.8. The molecule has 0 saturated carbocycles. The number of carbonyl (C=O) groups excluding carboxylic acids is 1. The van der Waals surface area contributed by atoms with Crippen LogP contribution in [-0.2, 0) is 4.79 Å². The molecule has 0 aliphatic carbocycles. The van der Waals surface area contributed by atoms with Gasteiger partial charge in [-0.3, -0.25) is 4.79 Å².